The smallest absolute Gasteiger partial charge is 0.410 e. The van der Waals surface area contributed by atoms with Gasteiger partial charge >= 0.3 is 12.1 Å². The summed E-state index contributed by atoms with van der Waals surface area (Å²) in [6.45, 7) is 8.52. The highest BCUT2D eigenvalue weighted by Crippen LogP contribution is 2.29. The molecule has 0 saturated carbocycles. The number of aromatic carboxylic acids is 1. The fourth-order valence-corrected chi connectivity index (χ4v) is 3.14. The molecule has 3 N–H and O–H groups in total. The second-order valence-corrected chi connectivity index (χ2v) is 7.71. The minimum atomic E-state index is -1.04. The number of nitrogens with one attached hydrogen (secondary N) is 2. The van der Waals surface area contributed by atoms with E-state index in [2.05, 4.69) is 15.3 Å². The topological polar surface area (TPSA) is 108 Å². The molecule has 26 heavy (non-hydrogen) atoms. The van der Waals surface area contributed by atoms with Crippen LogP contribution < -0.4 is 5.32 Å². The number of carboxylic acids is 1. The van der Waals surface area contributed by atoms with Gasteiger partial charge in [0.15, 0.2) is 0 Å². The van der Waals surface area contributed by atoms with Crippen LogP contribution in [-0.4, -0.2) is 56.8 Å². The lowest BCUT2D eigenvalue weighted by Crippen LogP contribution is -2.36. The van der Waals surface area contributed by atoms with Gasteiger partial charge in [-0.2, -0.15) is 0 Å². The number of hydrogen-bond donors (Lipinski definition) is 3. The first kappa shape index (κ1) is 18.0. The molecule has 1 aliphatic rings. The molecule has 1 fully saturated rings. The fourth-order valence-electron chi connectivity index (χ4n) is 3.14. The number of pyridine rings is 1. The summed E-state index contributed by atoms with van der Waals surface area (Å²) >= 11 is 0. The average molecular weight is 360 g/mol. The lowest BCUT2D eigenvalue weighted by Gasteiger charge is -2.24. The predicted octanol–water partition coefficient (Wildman–Crippen LogP) is 2.93. The number of aromatic nitrogens is 2. The number of nitrogens with zero attached hydrogens (tertiary/aromatic N) is 2. The number of likely N-dealkylation sites (tertiary alicyclic amines) is 1. The Morgan fingerprint density at radius 2 is 2.12 bits per heavy atom. The van der Waals surface area contributed by atoms with E-state index in [9.17, 15) is 14.7 Å². The molecule has 0 aliphatic carbocycles. The Hall–Kier alpha value is -2.77. The summed E-state index contributed by atoms with van der Waals surface area (Å²) in [6, 6.07) is 1.71. The Bertz CT molecular complexity index is 839. The molecule has 2 aromatic heterocycles. The van der Waals surface area contributed by atoms with Crippen LogP contribution in [0.5, 0.6) is 0 Å². The third kappa shape index (κ3) is 3.58. The molecule has 2 atom stereocenters. The SMILES string of the molecule is C[C@@H]1CN(C(=O)OC(C)(C)C)C[C@H]1Nc1c(C(=O)O)cnc2[nH]ccc12. The number of carbonyl (C=O) groups excluding carboxylic acids is 1. The highest BCUT2D eigenvalue weighted by Gasteiger charge is 2.35. The molecule has 2 aromatic rings. The Morgan fingerprint density at radius 3 is 2.77 bits per heavy atom. The molecular weight excluding hydrogens is 336 g/mol. The molecule has 3 rings (SSSR count). The normalized spacial score (nSPS) is 20.4. The summed E-state index contributed by atoms with van der Waals surface area (Å²) < 4.78 is 5.44. The first-order valence-corrected chi connectivity index (χ1v) is 8.59. The van der Waals surface area contributed by atoms with Crippen LogP contribution in [0.1, 0.15) is 38.1 Å². The third-order valence-electron chi connectivity index (χ3n) is 4.41. The molecule has 0 spiro atoms. The van der Waals surface area contributed by atoms with Crippen LogP contribution in [0.25, 0.3) is 11.0 Å². The molecule has 0 unspecified atom stereocenters. The molecule has 140 valence electrons. The molecule has 0 radical (unpaired) electrons. The molecule has 0 aromatic carbocycles. The minimum absolute atomic E-state index is 0.0823. The zero-order valence-corrected chi connectivity index (χ0v) is 15.4. The summed E-state index contributed by atoms with van der Waals surface area (Å²) in [7, 11) is 0. The molecule has 0 bridgehead atoms. The van der Waals surface area contributed by atoms with Gasteiger partial charge in [0.25, 0.3) is 0 Å². The van der Waals surface area contributed by atoms with E-state index in [1.165, 1.54) is 6.20 Å². The van der Waals surface area contributed by atoms with Gasteiger partial charge in [-0.1, -0.05) is 6.92 Å². The quantitative estimate of drug-likeness (QED) is 0.777. The van der Waals surface area contributed by atoms with Crippen molar-refractivity contribution < 1.29 is 19.4 Å². The molecule has 8 nitrogen and oxygen atoms in total. The monoisotopic (exact) mass is 360 g/mol. The van der Waals surface area contributed by atoms with Gasteiger partial charge in [0.05, 0.1) is 5.69 Å². The Morgan fingerprint density at radius 1 is 1.38 bits per heavy atom. The van der Waals surface area contributed by atoms with E-state index < -0.39 is 11.6 Å². The van der Waals surface area contributed by atoms with Gasteiger partial charge in [0.1, 0.15) is 16.8 Å². The number of anilines is 1. The predicted molar refractivity (Wildman–Crippen MR) is 97.4 cm³/mol. The van der Waals surface area contributed by atoms with Crippen molar-refractivity contribution in [1.29, 1.82) is 0 Å². The second kappa shape index (κ2) is 6.51. The van der Waals surface area contributed by atoms with Crippen molar-refractivity contribution >= 4 is 28.8 Å². The summed E-state index contributed by atoms with van der Waals surface area (Å²) in [5.41, 5.74) is 0.698. The Kier molecular flexibility index (Phi) is 4.52. The van der Waals surface area contributed by atoms with Crippen LogP contribution in [0.4, 0.5) is 10.5 Å². The van der Waals surface area contributed by atoms with E-state index in [4.69, 9.17) is 4.74 Å². The van der Waals surface area contributed by atoms with Crippen molar-refractivity contribution in [1.82, 2.24) is 14.9 Å². The van der Waals surface area contributed by atoms with Gasteiger partial charge in [-0.15, -0.1) is 0 Å². The van der Waals surface area contributed by atoms with Crippen LogP contribution in [0.2, 0.25) is 0 Å². The van der Waals surface area contributed by atoms with E-state index in [-0.39, 0.29) is 23.6 Å². The average Bonchev–Trinajstić information content (AvgIpc) is 3.13. The van der Waals surface area contributed by atoms with E-state index >= 15 is 0 Å². The van der Waals surface area contributed by atoms with Gasteiger partial charge < -0.3 is 25.0 Å². The zero-order chi connectivity index (χ0) is 19.1. The van der Waals surface area contributed by atoms with Crippen LogP contribution >= 0.6 is 0 Å². The van der Waals surface area contributed by atoms with E-state index in [1.54, 1.807) is 17.2 Å². The highest BCUT2D eigenvalue weighted by molar-refractivity contribution is 6.03. The van der Waals surface area contributed by atoms with Gasteiger partial charge in [-0.05, 0) is 32.8 Å². The first-order valence-electron chi connectivity index (χ1n) is 8.59. The minimum Gasteiger partial charge on any atom is -0.478 e. The van der Waals surface area contributed by atoms with Crippen molar-refractivity contribution in [3.05, 3.63) is 24.0 Å². The second-order valence-electron chi connectivity index (χ2n) is 7.71. The van der Waals surface area contributed by atoms with Gasteiger partial charge in [0, 0.05) is 36.9 Å². The van der Waals surface area contributed by atoms with Crippen molar-refractivity contribution in [2.24, 2.45) is 5.92 Å². The zero-order valence-electron chi connectivity index (χ0n) is 15.4. The number of hydrogen-bond acceptors (Lipinski definition) is 5. The Labute approximate surface area is 151 Å². The van der Waals surface area contributed by atoms with Crippen molar-refractivity contribution in [2.45, 2.75) is 39.3 Å². The number of amides is 1. The number of ether oxygens (including phenoxy) is 1. The number of fused-ring (bicyclic) bond motifs is 1. The largest absolute Gasteiger partial charge is 0.478 e. The van der Waals surface area contributed by atoms with Crippen LogP contribution in [0.3, 0.4) is 0 Å². The van der Waals surface area contributed by atoms with Gasteiger partial charge in [-0.25, -0.2) is 14.6 Å². The number of rotatable bonds is 3. The maximum absolute atomic E-state index is 12.3. The number of carbonyl (C=O) groups is 2. The summed E-state index contributed by atoms with van der Waals surface area (Å²) in [6.07, 6.45) is 2.71. The van der Waals surface area contributed by atoms with Crippen molar-refractivity contribution in [3.63, 3.8) is 0 Å². The lowest BCUT2D eigenvalue weighted by atomic mass is 10.0. The number of aromatic amines is 1. The third-order valence-corrected chi connectivity index (χ3v) is 4.41. The van der Waals surface area contributed by atoms with E-state index in [0.29, 0.717) is 29.8 Å². The molecule has 1 amide bonds. The summed E-state index contributed by atoms with van der Waals surface area (Å²) in [5, 5.41) is 13.5. The van der Waals surface area contributed by atoms with Crippen molar-refractivity contribution in [3.8, 4) is 0 Å². The number of carboxylic acid groups (broad SMARTS) is 1. The number of H-pyrrole nitrogens is 1. The lowest BCUT2D eigenvalue weighted by molar-refractivity contribution is 0.0288. The Balaban J connectivity index is 1.82. The molecule has 1 saturated heterocycles. The van der Waals surface area contributed by atoms with Crippen molar-refractivity contribution in [2.75, 3.05) is 18.4 Å². The first-order chi connectivity index (χ1) is 12.2. The van der Waals surface area contributed by atoms with Crippen LogP contribution in [-0.2, 0) is 4.74 Å². The van der Waals surface area contributed by atoms with E-state index in [1.807, 2.05) is 27.7 Å². The maximum Gasteiger partial charge on any atom is 0.410 e. The molecular formula is C18H24N4O4. The van der Waals surface area contributed by atoms with Gasteiger partial charge in [0.2, 0.25) is 0 Å². The standard InChI is InChI=1S/C18H24N4O4/c1-10-8-22(17(25)26-18(2,3)4)9-13(10)21-14-11-5-6-19-15(11)20-7-12(14)16(23)24/h5-7,10,13H,8-9H2,1-4H3,(H,23,24)(H2,19,20,21)/t10-,13-/m1/s1. The van der Waals surface area contributed by atoms with Crippen LogP contribution in [0.15, 0.2) is 18.5 Å². The molecule has 8 heteroatoms. The van der Waals surface area contributed by atoms with E-state index in [0.717, 1.165) is 0 Å². The highest BCUT2D eigenvalue weighted by atomic mass is 16.6. The fraction of sp³-hybridized carbons (Fsp3) is 0.500. The summed E-state index contributed by atoms with van der Waals surface area (Å²) in [5.74, 6) is -0.899. The molecule has 1 aliphatic heterocycles. The summed E-state index contributed by atoms with van der Waals surface area (Å²) in [4.78, 5) is 32.7. The van der Waals surface area contributed by atoms with Crippen LogP contribution in [0, 0.1) is 5.92 Å². The van der Waals surface area contributed by atoms with Gasteiger partial charge in [-0.3, -0.25) is 0 Å². The maximum atomic E-state index is 12.3. The molecule has 3 heterocycles.